The third-order valence-electron chi connectivity index (χ3n) is 10.2. The number of hydrogen-bond acceptors (Lipinski definition) is 9. The molecule has 2 amide bonds. The van der Waals surface area contributed by atoms with Gasteiger partial charge in [-0.1, -0.05) is 41.1 Å². The highest BCUT2D eigenvalue weighted by atomic mass is 35.5. The first-order valence-corrected chi connectivity index (χ1v) is 17.9. The van der Waals surface area contributed by atoms with Crippen molar-refractivity contribution in [2.24, 2.45) is 29.6 Å². The van der Waals surface area contributed by atoms with Crippen LogP contribution in [-0.2, 0) is 20.9 Å². The number of H-pyrrole nitrogens is 1. The number of methoxy groups -OCH3 is 1. The monoisotopic (exact) mass is 702 g/mol. The quantitative estimate of drug-likeness (QED) is 0.163. The number of nitrogens with zero attached hydrogens (tertiary/aromatic N) is 1. The molecule has 2 saturated carbocycles. The predicted octanol–water partition coefficient (Wildman–Crippen LogP) is 6.53. The lowest BCUT2D eigenvalue weighted by Gasteiger charge is -2.43. The maximum absolute atomic E-state index is 14.1. The fourth-order valence-corrected chi connectivity index (χ4v) is 11.4. The van der Waals surface area contributed by atoms with Crippen molar-refractivity contribution in [3.8, 4) is 11.5 Å². The molecule has 1 N–H and O–H groups in total. The fourth-order valence-electron chi connectivity index (χ4n) is 8.34. The molecule has 2 aliphatic heterocycles. The largest absolute Gasteiger partial charge is 0.493 e. The number of thiazole rings is 1. The molecule has 12 heteroatoms. The molecule has 48 heavy (non-hydrogen) atoms. The number of rotatable bonds is 8. The second-order valence-corrected chi connectivity index (χ2v) is 15.2. The van der Waals surface area contributed by atoms with E-state index < -0.39 is 17.8 Å². The van der Waals surface area contributed by atoms with Crippen molar-refractivity contribution in [3.63, 3.8) is 0 Å². The lowest BCUT2D eigenvalue weighted by molar-refractivity contribution is -0.123. The maximum atomic E-state index is 14.1. The molecule has 8 rings (SSSR count). The SMILES string of the molecule is CCOC(=O)c1ccc(N2C(=O)[C@H]3[C@H]4C[C@@H]([C@@H]3C2=O)[C@H]2[C@H](c3ccc(OCc5ccc(Cl)cc5)c(OC)c3)c3sc(=O)[nH]c3S[C@H]42)cc1. The van der Waals surface area contributed by atoms with Gasteiger partial charge < -0.3 is 19.2 Å². The Morgan fingerprint density at radius 3 is 2.40 bits per heavy atom. The second kappa shape index (κ2) is 12.1. The molecule has 9 nitrogen and oxygen atoms in total. The Bertz CT molecular complexity index is 1990. The highest BCUT2D eigenvalue weighted by molar-refractivity contribution is 8.00. The Labute approximate surface area is 289 Å². The van der Waals surface area contributed by atoms with Crippen LogP contribution in [0, 0.1) is 29.6 Å². The average molecular weight is 703 g/mol. The summed E-state index contributed by atoms with van der Waals surface area (Å²) in [5, 5.41) is 1.54. The number of esters is 1. The second-order valence-electron chi connectivity index (χ2n) is 12.6. The summed E-state index contributed by atoms with van der Waals surface area (Å²) in [6.45, 7) is 2.33. The van der Waals surface area contributed by atoms with E-state index in [1.165, 1.54) is 16.2 Å². The first kappa shape index (κ1) is 31.2. The van der Waals surface area contributed by atoms with Gasteiger partial charge in [0, 0.05) is 21.1 Å². The average Bonchev–Trinajstić information content (AvgIpc) is 3.83. The van der Waals surface area contributed by atoms with Gasteiger partial charge in [-0.2, -0.15) is 0 Å². The summed E-state index contributed by atoms with van der Waals surface area (Å²) in [5.41, 5.74) is 2.77. The van der Waals surface area contributed by atoms with Crippen LogP contribution in [0.25, 0.3) is 0 Å². The van der Waals surface area contributed by atoms with Crippen LogP contribution in [0.15, 0.2) is 76.6 Å². The molecule has 4 aromatic rings. The smallest absolute Gasteiger partial charge is 0.338 e. The van der Waals surface area contributed by atoms with Gasteiger partial charge in [-0.25, -0.2) is 4.79 Å². The molecule has 0 radical (unpaired) electrons. The van der Waals surface area contributed by atoms with Crippen LogP contribution >= 0.6 is 34.7 Å². The van der Waals surface area contributed by atoms with E-state index in [2.05, 4.69) is 4.98 Å². The Hall–Kier alpha value is -4.06. The van der Waals surface area contributed by atoms with E-state index in [1.54, 1.807) is 50.1 Å². The number of anilines is 1. The van der Waals surface area contributed by atoms with Crippen molar-refractivity contribution in [1.82, 2.24) is 4.98 Å². The molecule has 3 fully saturated rings. The zero-order chi connectivity index (χ0) is 33.3. The van der Waals surface area contributed by atoms with Crippen molar-refractivity contribution >= 4 is 58.2 Å². The van der Waals surface area contributed by atoms with Gasteiger partial charge in [0.15, 0.2) is 11.5 Å². The molecule has 4 aliphatic rings. The molecular formula is C36H31ClN2O7S2. The number of thioether (sulfide) groups is 1. The zero-order valence-corrected chi connectivity index (χ0v) is 28.4. The van der Waals surface area contributed by atoms with Gasteiger partial charge in [-0.05, 0) is 90.8 Å². The van der Waals surface area contributed by atoms with Crippen LogP contribution in [0.3, 0.4) is 0 Å². The number of fused-ring (bicyclic) bond motifs is 9. The van der Waals surface area contributed by atoms with Gasteiger partial charge in [-0.3, -0.25) is 19.3 Å². The van der Waals surface area contributed by atoms with Crippen LogP contribution in [0.1, 0.15) is 45.6 Å². The molecule has 3 heterocycles. The zero-order valence-electron chi connectivity index (χ0n) is 26.0. The standard InChI is InChI=1S/C36H31ClN2O7S2/c1-3-45-35(42)18-6-11-21(12-7-18)39-33(40)28-22-15-23(29(28)34(39)41)30-27(22)26(31-32(47-30)38-36(43)48-31)19-8-13-24(25(14-19)44-2)46-16-17-4-9-20(37)10-5-17/h4-14,22-23,26-30H,3,15-16H2,1-2H3,(H,38,43)/t22-,23-,26+,27+,28+,29+,30-/m1/s1. The van der Waals surface area contributed by atoms with Crippen molar-refractivity contribution in [1.29, 1.82) is 0 Å². The number of ether oxygens (including phenoxy) is 3. The van der Waals surface area contributed by atoms with E-state index in [-0.39, 0.29) is 52.2 Å². The van der Waals surface area contributed by atoms with Gasteiger partial charge >= 0.3 is 10.8 Å². The number of halogens is 1. The van der Waals surface area contributed by atoms with Crippen molar-refractivity contribution in [2.75, 3.05) is 18.6 Å². The lowest BCUT2D eigenvalue weighted by Crippen LogP contribution is -2.42. The highest BCUT2D eigenvalue weighted by Crippen LogP contribution is 2.68. The first-order valence-electron chi connectivity index (χ1n) is 15.9. The number of carbonyl (C=O) groups is 3. The number of amides is 2. The molecule has 1 saturated heterocycles. The number of aromatic amines is 1. The Morgan fingerprint density at radius 2 is 1.69 bits per heavy atom. The van der Waals surface area contributed by atoms with E-state index in [0.717, 1.165) is 27.5 Å². The number of hydrogen-bond donors (Lipinski definition) is 1. The third kappa shape index (κ3) is 4.97. The Morgan fingerprint density at radius 1 is 0.958 bits per heavy atom. The van der Waals surface area contributed by atoms with Gasteiger partial charge in [-0.15, -0.1) is 11.8 Å². The number of benzene rings is 3. The molecule has 1 aromatic heterocycles. The van der Waals surface area contributed by atoms with E-state index in [4.69, 9.17) is 25.8 Å². The number of aromatic nitrogens is 1. The molecule has 0 spiro atoms. The molecule has 246 valence electrons. The number of carbonyl (C=O) groups excluding carboxylic acids is 3. The molecular weight excluding hydrogens is 672 g/mol. The molecule has 3 aromatic carbocycles. The summed E-state index contributed by atoms with van der Waals surface area (Å²) >= 11 is 8.89. The number of nitrogens with one attached hydrogen (secondary N) is 1. The van der Waals surface area contributed by atoms with Crippen molar-refractivity contribution in [2.45, 2.75) is 36.1 Å². The minimum Gasteiger partial charge on any atom is -0.493 e. The Balaban J connectivity index is 1.11. The first-order chi connectivity index (χ1) is 23.3. The van der Waals surface area contributed by atoms with Crippen LogP contribution in [-0.4, -0.2) is 41.7 Å². The van der Waals surface area contributed by atoms with E-state index in [9.17, 15) is 19.2 Å². The predicted molar refractivity (Wildman–Crippen MR) is 182 cm³/mol. The van der Waals surface area contributed by atoms with E-state index >= 15 is 0 Å². The molecule has 0 unspecified atom stereocenters. The summed E-state index contributed by atoms with van der Waals surface area (Å²) in [4.78, 5) is 58.2. The summed E-state index contributed by atoms with van der Waals surface area (Å²) in [5.74, 6) is -0.720. The summed E-state index contributed by atoms with van der Waals surface area (Å²) < 4.78 is 17.0. The normalized spacial score (nSPS) is 26.6. The fraction of sp³-hybridized carbons (Fsp3) is 0.333. The van der Waals surface area contributed by atoms with Crippen LogP contribution in [0.4, 0.5) is 5.69 Å². The van der Waals surface area contributed by atoms with Crippen LogP contribution in [0.2, 0.25) is 5.02 Å². The molecule has 7 atom stereocenters. The highest BCUT2D eigenvalue weighted by Gasteiger charge is 2.69. The Kier molecular flexibility index (Phi) is 7.88. The van der Waals surface area contributed by atoms with E-state index in [1.807, 2.05) is 42.5 Å². The van der Waals surface area contributed by atoms with Crippen LogP contribution < -0.4 is 19.2 Å². The van der Waals surface area contributed by atoms with Gasteiger partial charge in [0.05, 0.1) is 41.8 Å². The summed E-state index contributed by atoms with van der Waals surface area (Å²) in [7, 11) is 1.60. The van der Waals surface area contributed by atoms with Crippen LogP contribution in [0.5, 0.6) is 11.5 Å². The third-order valence-corrected chi connectivity index (χ3v) is 13.1. The van der Waals surface area contributed by atoms with Gasteiger partial charge in [0.1, 0.15) is 6.61 Å². The minimum absolute atomic E-state index is 0.0156. The summed E-state index contributed by atoms with van der Waals surface area (Å²) in [6, 6.07) is 19.8. The maximum Gasteiger partial charge on any atom is 0.338 e. The van der Waals surface area contributed by atoms with Gasteiger partial charge in [0.25, 0.3) is 0 Å². The van der Waals surface area contributed by atoms with Crippen molar-refractivity contribution < 1.29 is 28.6 Å². The minimum atomic E-state index is -0.450. The summed E-state index contributed by atoms with van der Waals surface area (Å²) in [6.07, 6.45) is 0.778. The number of imide groups is 1. The van der Waals surface area contributed by atoms with Crippen molar-refractivity contribution in [3.05, 3.63) is 103 Å². The van der Waals surface area contributed by atoms with E-state index in [0.29, 0.717) is 34.4 Å². The van der Waals surface area contributed by atoms with Gasteiger partial charge in [0.2, 0.25) is 11.8 Å². The molecule has 2 bridgehead atoms. The topological polar surface area (TPSA) is 115 Å². The molecule has 2 aliphatic carbocycles. The lowest BCUT2D eigenvalue weighted by atomic mass is 9.68.